The first kappa shape index (κ1) is 13.7. The van der Waals surface area contributed by atoms with E-state index in [1.807, 2.05) is 24.3 Å². The Morgan fingerprint density at radius 2 is 1.84 bits per heavy atom. The van der Waals surface area contributed by atoms with E-state index >= 15 is 0 Å². The predicted molar refractivity (Wildman–Crippen MR) is 75.9 cm³/mol. The van der Waals surface area contributed by atoms with Crippen LogP contribution in [0, 0.1) is 6.92 Å². The lowest BCUT2D eigenvalue weighted by atomic mass is 10.1. The fourth-order valence-corrected chi connectivity index (χ4v) is 1.72. The molecule has 0 radical (unpaired) electrons. The van der Waals surface area contributed by atoms with Gasteiger partial charge in [0.2, 0.25) is 11.7 Å². The molecule has 0 bridgehead atoms. The topological polar surface area (TPSA) is 51.0 Å². The molecule has 0 saturated heterocycles. The summed E-state index contributed by atoms with van der Waals surface area (Å²) < 4.78 is 5.26. The van der Waals surface area contributed by atoms with E-state index in [2.05, 4.69) is 43.2 Å². The van der Waals surface area contributed by atoms with Crippen molar-refractivity contribution in [3.8, 4) is 11.4 Å². The van der Waals surface area contributed by atoms with Gasteiger partial charge in [0.1, 0.15) is 0 Å². The summed E-state index contributed by atoms with van der Waals surface area (Å²) in [5.41, 5.74) is 2.33. The summed E-state index contributed by atoms with van der Waals surface area (Å²) >= 11 is 0. The maximum Gasteiger partial charge on any atom is 0.228 e. The van der Waals surface area contributed by atoms with Crippen molar-refractivity contribution >= 4 is 0 Å². The molecular weight excluding hydrogens is 238 g/mol. The van der Waals surface area contributed by atoms with E-state index < -0.39 is 0 Å². The van der Waals surface area contributed by atoms with Gasteiger partial charge in [-0.25, -0.2) is 0 Å². The Kier molecular flexibility index (Phi) is 4.00. The molecule has 102 valence electrons. The first-order chi connectivity index (χ1) is 8.94. The first-order valence-electron chi connectivity index (χ1n) is 6.59. The van der Waals surface area contributed by atoms with Crippen LogP contribution in [0.5, 0.6) is 0 Å². The van der Waals surface area contributed by atoms with Gasteiger partial charge < -0.3 is 9.84 Å². The fraction of sp³-hybridized carbons (Fsp3) is 0.467. The lowest BCUT2D eigenvalue weighted by Gasteiger charge is -2.19. The van der Waals surface area contributed by atoms with Crippen molar-refractivity contribution in [3.63, 3.8) is 0 Å². The van der Waals surface area contributed by atoms with Crippen LogP contribution in [0.3, 0.4) is 0 Å². The van der Waals surface area contributed by atoms with E-state index in [-0.39, 0.29) is 5.54 Å². The highest BCUT2D eigenvalue weighted by molar-refractivity contribution is 5.54. The Hall–Kier alpha value is -1.68. The molecule has 0 spiro atoms. The minimum absolute atomic E-state index is 0.111. The molecule has 1 aromatic carbocycles. The van der Waals surface area contributed by atoms with Crippen LogP contribution in [0.1, 0.15) is 32.2 Å². The molecule has 1 N–H and O–H groups in total. The molecule has 1 heterocycles. The van der Waals surface area contributed by atoms with Crippen molar-refractivity contribution in [3.05, 3.63) is 35.7 Å². The molecule has 0 aliphatic heterocycles. The van der Waals surface area contributed by atoms with Crippen molar-refractivity contribution in [2.75, 3.05) is 6.54 Å². The number of nitrogens with one attached hydrogen (secondary N) is 1. The van der Waals surface area contributed by atoms with Gasteiger partial charge in [-0.1, -0.05) is 35.0 Å². The fourth-order valence-electron chi connectivity index (χ4n) is 1.72. The van der Waals surface area contributed by atoms with Gasteiger partial charge >= 0.3 is 0 Å². The molecule has 0 aliphatic carbocycles. The summed E-state index contributed by atoms with van der Waals surface area (Å²) in [5, 5.41) is 7.42. The van der Waals surface area contributed by atoms with Crippen LogP contribution in [-0.4, -0.2) is 22.2 Å². The molecule has 19 heavy (non-hydrogen) atoms. The standard InChI is InChI=1S/C15H21N3O/c1-11-5-7-12(8-6-11)14-17-13(19-18-14)9-10-16-15(2,3)4/h5-8,16H,9-10H2,1-4H3. The molecule has 0 amide bonds. The summed E-state index contributed by atoms with van der Waals surface area (Å²) in [5.74, 6) is 1.33. The van der Waals surface area contributed by atoms with Crippen LogP contribution < -0.4 is 5.32 Å². The van der Waals surface area contributed by atoms with Gasteiger partial charge in [-0.15, -0.1) is 0 Å². The van der Waals surface area contributed by atoms with E-state index in [9.17, 15) is 0 Å². The number of nitrogens with zero attached hydrogens (tertiary/aromatic N) is 2. The van der Waals surface area contributed by atoms with Gasteiger partial charge in [-0.2, -0.15) is 4.98 Å². The Balaban J connectivity index is 1.97. The maximum atomic E-state index is 5.26. The summed E-state index contributed by atoms with van der Waals surface area (Å²) in [6.07, 6.45) is 0.746. The van der Waals surface area contributed by atoms with Crippen LogP contribution in [0.15, 0.2) is 28.8 Å². The smallest absolute Gasteiger partial charge is 0.228 e. The monoisotopic (exact) mass is 259 g/mol. The highest BCUT2D eigenvalue weighted by Gasteiger charge is 2.11. The Labute approximate surface area is 114 Å². The SMILES string of the molecule is Cc1ccc(-c2noc(CCNC(C)(C)C)n2)cc1. The minimum Gasteiger partial charge on any atom is -0.339 e. The van der Waals surface area contributed by atoms with Crippen molar-refractivity contribution in [2.45, 2.75) is 39.7 Å². The number of hydrogen-bond donors (Lipinski definition) is 1. The summed E-state index contributed by atoms with van der Waals surface area (Å²) in [7, 11) is 0. The molecule has 2 aromatic rings. The number of aromatic nitrogens is 2. The zero-order valence-corrected chi connectivity index (χ0v) is 12.0. The summed E-state index contributed by atoms with van der Waals surface area (Å²) in [6.45, 7) is 9.30. The molecule has 0 saturated carbocycles. The molecule has 2 rings (SSSR count). The largest absolute Gasteiger partial charge is 0.339 e. The van der Waals surface area contributed by atoms with Crippen molar-refractivity contribution in [1.82, 2.24) is 15.5 Å². The van der Waals surface area contributed by atoms with Gasteiger partial charge in [0.15, 0.2) is 0 Å². The summed E-state index contributed by atoms with van der Waals surface area (Å²) in [6, 6.07) is 8.12. The highest BCUT2D eigenvalue weighted by atomic mass is 16.5. The molecular formula is C15H21N3O. The molecule has 4 nitrogen and oxygen atoms in total. The van der Waals surface area contributed by atoms with Crippen LogP contribution in [0.4, 0.5) is 0 Å². The lowest BCUT2D eigenvalue weighted by Crippen LogP contribution is -2.37. The second-order valence-corrected chi connectivity index (χ2v) is 5.80. The first-order valence-corrected chi connectivity index (χ1v) is 6.59. The molecule has 4 heteroatoms. The van der Waals surface area contributed by atoms with Crippen molar-refractivity contribution < 1.29 is 4.52 Å². The molecule has 0 unspecified atom stereocenters. The summed E-state index contributed by atoms with van der Waals surface area (Å²) in [4.78, 5) is 4.41. The molecule has 0 aliphatic rings. The van der Waals surface area contributed by atoms with Crippen LogP contribution in [0.25, 0.3) is 11.4 Å². The van der Waals surface area contributed by atoms with Gasteiger partial charge in [-0.05, 0) is 27.7 Å². The molecule has 0 fully saturated rings. The van der Waals surface area contributed by atoms with E-state index in [1.54, 1.807) is 0 Å². The third-order valence-electron chi connectivity index (χ3n) is 2.77. The van der Waals surface area contributed by atoms with E-state index in [0.29, 0.717) is 11.7 Å². The van der Waals surface area contributed by atoms with E-state index in [0.717, 1.165) is 18.5 Å². The maximum absolute atomic E-state index is 5.26. The lowest BCUT2D eigenvalue weighted by molar-refractivity contribution is 0.362. The van der Waals surface area contributed by atoms with Gasteiger partial charge in [0, 0.05) is 24.1 Å². The van der Waals surface area contributed by atoms with Crippen LogP contribution in [-0.2, 0) is 6.42 Å². The predicted octanol–water partition coefficient (Wildman–Crippen LogP) is 2.98. The van der Waals surface area contributed by atoms with Gasteiger partial charge in [0.25, 0.3) is 0 Å². The van der Waals surface area contributed by atoms with E-state index in [1.165, 1.54) is 5.56 Å². The average Bonchev–Trinajstić information content (AvgIpc) is 2.77. The Morgan fingerprint density at radius 3 is 2.47 bits per heavy atom. The zero-order chi connectivity index (χ0) is 13.9. The van der Waals surface area contributed by atoms with Crippen LogP contribution >= 0.6 is 0 Å². The average molecular weight is 259 g/mol. The number of aryl methyl sites for hydroxylation is 1. The minimum atomic E-state index is 0.111. The van der Waals surface area contributed by atoms with Crippen molar-refractivity contribution in [2.24, 2.45) is 0 Å². The Morgan fingerprint density at radius 1 is 1.16 bits per heavy atom. The quantitative estimate of drug-likeness (QED) is 0.917. The Bertz CT molecular complexity index is 523. The number of rotatable bonds is 4. The molecule has 0 atom stereocenters. The number of benzene rings is 1. The van der Waals surface area contributed by atoms with Crippen LogP contribution in [0.2, 0.25) is 0 Å². The molecule has 1 aromatic heterocycles. The second-order valence-electron chi connectivity index (χ2n) is 5.80. The van der Waals surface area contributed by atoms with E-state index in [4.69, 9.17) is 4.52 Å². The second kappa shape index (κ2) is 5.53. The highest BCUT2D eigenvalue weighted by Crippen LogP contribution is 2.16. The number of hydrogen-bond acceptors (Lipinski definition) is 4. The third kappa shape index (κ3) is 4.17. The normalized spacial score (nSPS) is 11.8. The van der Waals surface area contributed by atoms with Crippen molar-refractivity contribution in [1.29, 1.82) is 0 Å². The third-order valence-corrected chi connectivity index (χ3v) is 2.77. The zero-order valence-electron chi connectivity index (χ0n) is 12.0. The van der Waals surface area contributed by atoms with Gasteiger partial charge in [0.05, 0.1) is 0 Å². The van der Waals surface area contributed by atoms with Gasteiger partial charge in [-0.3, -0.25) is 0 Å².